The van der Waals surface area contributed by atoms with Crippen LogP contribution in [0.4, 0.5) is 0 Å². The zero-order valence-corrected chi connectivity index (χ0v) is 10.3. The van der Waals surface area contributed by atoms with Crippen LogP contribution in [-0.2, 0) is 4.79 Å². The molecule has 0 aliphatic carbocycles. The van der Waals surface area contributed by atoms with Crippen molar-refractivity contribution in [2.45, 2.75) is 26.2 Å². The van der Waals surface area contributed by atoms with Crippen LogP contribution >= 0.6 is 8.95 Å². The van der Waals surface area contributed by atoms with E-state index in [-0.39, 0.29) is 5.92 Å². The number of hydrogen-bond acceptors (Lipinski definition) is 2. The molecule has 11 heavy (non-hydrogen) atoms. The van der Waals surface area contributed by atoms with Crippen molar-refractivity contribution in [3.8, 4) is 0 Å². The Kier molecular flexibility index (Phi) is 7.69. The summed E-state index contributed by atoms with van der Waals surface area (Å²) < 4.78 is 0. The van der Waals surface area contributed by atoms with Gasteiger partial charge in [0.2, 0.25) is 0 Å². The van der Waals surface area contributed by atoms with Gasteiger partial charge in [-0.25, -0.2) is 0 Å². The summed E-state index contributed by atoms with van der Waals surface area (Å²) in [5.41, 5.74) is 0. The molecule has 0 aromatic carbocycles. The fourth-order valence-corrected chi connectivity index (χ4v) is 3.06. The second-order valence-corrected chi connectivity index (χ2v) is 5.58. The van der Waals surface area contributed by atoms with E-state index in [0.29, 0.717) is 0 Å². The van der Waals surface area contributed by atoms with Crippen LogP contribution in [0.2, 0.25) is 0 Å². The molecule has 2 nitrogen and oxygen atoms in total. The standard InChI is InChI=1S/C7H14O2S.Sn/c1-2-3-4-6(5-10)7(8)9;/h6,10H,2-5H2,1H3,(H,8,9);/q;+1/p-1. The van der Waals surface area contributed by atoms with Crippen molar-refractivity contribution in [1.82, 2.24) is 0 Å². The number of hydrogen-bond donors (Lipinski definition) is 1. The molecule has 0 aliphatic heterocycles. The van der Waals surface area contributed by atoms with Crippen LogP contribution in [0, 0.1) is 5.92 Å². The summed E-state index contributed by atoms with van der Waals surface area (Å²) in [5.74, 6) is 0.0424. The zero-order chi connectivity index (χ0) is 8.69. The van der Waals surface area contributed by atoms with Crippen molar-refractivity contribution in [1.29, 1.82) is 0 Å². The molecule has 63 valence electrons. The molecular formula is C7H13O2SSn. The summed E-state index contributed by atoms with van der Waals surface area (Å²) in [7, 11) is 1.70. The Morgan fingerprint density at radius 2 is 2.36 bits per heavy atom. The molecule has 3 radical (unpaired) electrons. The van der Waals surface area contributed by atoms with Gasteiger partial charge in [0.1, 0.15) is 0 Å². The third-order valence-corrected chi connectivity index (χ3v) is 3.54. The Balaban J connectivity index is 3.60. The molecule has 0 rings (SSSR count). The predicted molar refractivity (Wildman–Crippen MR) is 48.9 cm³/mol. The molecule has 0 saturated heterocycles. The Bertz CT molecular complexity index is 119. The van der Waals surface area contributed by atoms with Gasteiger partial charge in [-0.3, -0.25) is 0 Å². The van der Waals surface area contributed by atoms with Gasteiger partial charge < -0.3 is 0 Å². The van der Waals surface area contributed by atoms with E-state index in [2.05, 4.69) is 6.92 Å². The van der Waals surface area contributed by atoms with E-state index in [9.17, 15) is 4.79 Å². The minimum atomic E-state index is -0.631. The van der Waals surface area contributed by atoms with E-state index < -0.39 is 5.97 Å². The van der Waals surface area contributed by atoms with Gasteiger partial charge in [-0.15, -0.1) is 0 Å². The van der Waals surface area contributed by atoms with Gasteiger partial charge in [-0.2, -0.15) is 0 Å². The zero-order valence-electron chi connectivity index (χ0n) is 6.67. The van der Waals surface area contributed by atoms with E-state index in [4.69, 9.17) is 5.11 Å². The number of carbonyl (C=O) groups is 1. The quantitative estimate of drug-likeness (QED) is 0.752. The normalized spacial score (nSPS) is 12.9. The van der Waals surface area contributed by atoms with Crippen molar-refractivity contribution in [3.05, 3.63) is 0 Å². The first kappa shape index (κ1) is 11.6. The van der Waals surface area contributed by atoms with Gasteiger partial charge in [0.25, 0.3) is 0 Å². The second-order valence-electron chi connectivity index (χ2n) is 2.49. The first-order valence-corrected chi connectivity index (χ1v) is 8.21. The first-order valence-electron chi connectivity index (χ1n) is 3.73. The van der Waals surface area contributed by atoms with E-state index in [1.54, 1.807) is 8.95 Å². The van der Waals surface area contributed by atoms with Gasteiger partial charge >= 0.3 is 83.8 Å². The number of unbranched alkanes of at least 4 members (excludes halogenated alkanes) is 1. The van der Waals surface area contributed by atoms with Crippen molar-refractivity contribution in [2.24, 2.45) is 5.92 Å². The molecule has 4 heteroatoms. The van der Waals surface area contributed by atoms with Crippen LogP contribution in [-0.4, -0.2) is 38.0 Å². The van der Waals surface area contributed by atoms with Crippen LogP contribution in [0.5, 0.6) is 0 Å². The third kappa shape index (κ3) is 5.84. The Labute approximate surface area is 83.7 Å². The van der Waals surface area contributed by atoms with Crippen molar-refractivity contribution in [2.75, 3.05) is 5.75 Å². The first-order chi connectivity index (χ1) is 5.22. The van der Waals surface area contributed by atoms with E-state index in [0.717, 1.165) is 25.0 Å². The predicted octanol–water partition coefficient (Wildman–Crippen LogP) is 1.69. The molecule has 0 amide bonds. The molecule has 0 saturated carbocycles. The van der Waals surface area contributed by atoms with Crippen molar-refractivity contribution in [3.63, 3.8) is 0 Å². The summed E-state index contributed by atoms with van der Waals surface area (Å²) in [6, 6.07) is 0. The number of aliphatic carboxylic acids is 1. The molecule has 0 heterocycles. The van der Waals surface area contributed by atoms with Gasteiger partial charge in [-0.1, -0.05) is 0 Å². The average molecular weight is 280 g/mol. The summed E-state index contributed by atoms with van der Waals surface area (Å²) >= 11 is 1.36. The fraction of sp³-hybridized carbons (Fsp3) is 0.857. The maximum atomic E-state index is 10.6. The second kappa shape index (κ2) is 7.28. The monoisotopic (exact) mass is 281 g/mol. The van der Waals surface area contributed by atoms with Crippen LogP contribution in [0.3, 0.4) is 0 Å². The summed E-state index contributed by atoms with van der Waals surface area (Å²) in [6.07, 6.45) is 2.96. The Hall–Kier alpha value is 0.619. The van der Waals surface area contributed by atoms with Crippen LogP contribution in [0.15, 0.2) is 0 Å². The molecule has 0 aromatic heterocycles. The van der Waals surface area contributed by atoms with Crippen molar-refractivity contribution < 1.29 is 9.90 Å². The molecule has 0 fully saturated rings. The number of carboxylic acids is 1. The molecular weight excluding hydrogens is 267 g/mol. The maximum absolute atomic E-state index is 10.6. The SMILES string of the molecule is CCCCC(C[S][Sn])C(=O)O. The summed E-state index contributed by atoms with van der Waals surface area (Å²) in [4.78, 5) is 10.6. The number of rotatable bonds is 6. The molecule has 1 atom stereocenters. The molecule has 1 N–H and O–H groups in total. The minimum absolute atomic E-state index is 0.112. The van der Waals surface area contributed by atoms with E-state index in [1.165, 1.54) is 21.1 Å². The molecule has 1 unspecified atom stereocenters. The van der Waals surface area contributed by atoms with Gasteiger partial charge in [0.05, 0.1) is 0 Å². The van der Waals surface area contributed by atoms with Gasteiger partial charge in [0.15, 0.2) is 0 Å². The van der Waals surface area contributed by atoms with E-state index >= 15 is 0 Å². The molecule has 0 aromatic rings. The average Bonchev–Trinajstić information content (AvgIpc) is 1.97. The molecule has 0 bridgehead atoms. The molecule has 0 spiro atoms. The fourth-order valence-electron chi connectivity index (χ4n) is 0.829. The van der Waals surface area contributed by atoms with Gasteiger partial charge in [0, 0.05) is 0 Å². The Morgan fingerprint density at radius 1 is 1.73 bits per heavy atom. The topological polar surface area (TPSA) is 37.3 Å². The van der Waals surface area contributed by atoms with Crippen molar-refractivity contribution >= 4 is 36.1 Å². The molecule has 0 aliphatic rings. The summed E-state index contributed by atoms with van der Waals surface area (Å²) in [6.45, 7) is 2.09. The third-order valence-electron chi connectivity index (χ3n) is 1.54. The van der Waals surface area contributed by atoms with E-state index in [1.807, 2.05) is 0 Å². The number of carboxylic acid groups (broad SMARTS) is 1. The van der Waals surface area contributed by atoms with Crippen LogP contribution < -0.4 is 0 Å². The van der Waals surface area contributed by atoms with Gasteiger partial charge in [-0.05, 0) is 0 Å². The Morgan fingerprint density at radius 3 is 2.73 bits per heavy atom. The van der Waals surface area contributed by atoms with Crippen LogP contribution in [0.25, 0.3) is 0 Å². The van der Waals surface area contributed by atoms with Crippen LogP contribution in [0.1, 0.15) is 26.2 Å². The summed E-state index contributed by atoms with van der Waals surface area (Å²) in [5, 5.41) is 8.73.